The predicted octanol–water partition coefficient (Wildman–Crippen LogP) is -1.17. The second-order valence-electron chi connectivity index (χ2n) is 4.36. The number of fused-ring (bicyclic) bond motifs is 2. The number of carbonyl (C=O) groups is 2. The number of benzene rings is 2. The molecule has 3 rings (SSSR count). The van der Waals surface area contributed by atoms with Crippen molar-refractivity contribution in [2.45, 2.75) is 4.90 Å². The maximum atomic E-state index is 12.4. The predicted molar refractivity (Wildman–Crippen MR) is 70.7 cm³/mol. The van der Waals surface area contributed by atoms with E-state index in [0.717, 1.165) is 6.07 Å². The molecule has 1 N–H and O–H groups in total. The summed E-state index contributed by atoms with van der Waals surface area (Å²) in [5, 5.41) is 0. The van der Waals surface area contributed by atoms with Crippen molar-refractivity contribution >= 4 is 21.7 Å². The van der Waals surface area contributed by atoms with Crippen LogP contribution < -0.4 is 18.9 Å². The van der Waals surface area contributed by atoms with Crippen molar-refractivity contribution in [3.63, 3.8) is 0 Å². The molecule has 7 heteroatoms. The topological polar surface area (TPSA) is 88.5 Å². The molecule has 0 unspecified atom stereocenters. The van der Waals surface area contributed by atoms with Gasteiger partial charge in [-0.2, -0.15) is 8.42 Å². The quantitative estimate of drug-likeness (QED) is 0.451. The summed E-state index contributed by atoms with van der Waals surface area (Å²) in [6, 6.07) is 9.99. The van der Waals surface area contributed by atoms with Crippen molar-refractivity contribution in [3.05, 3.63) is 64.7 Å². The summed E-state index contributed by atoms with van der Waals surface area (Å²) >= 11 is 0. The molecule has 0 fully saturated rings. The summed E-state index contributed by atoms with van der Waals surface area (Å²) in [5.41, 5.74) is 0.0983. The van der Waals surface area contributed by atoms with Crippen LogP contribution in [0.25, 0.3) is 0 Å². The minimum atomic E-state index is -4.58. The van der Waals surface area contributed by atoms with Crippen molar-refractivity contribution in [1.82, 2.24) is 0 Å². The third-order valence-electron chi connectivity index (χ3n) is 3.19. The Morgan fingerprint density at radius 3 is 1.90 bits per heavy atom. The molecular formula is C14H9LiO5S. The Balaban J connectivity index is 0.00000121. The van der Waals surface area contributed by atoms with Crippen LogP contribution in [0, 0.1) is 0 Å². The first-order valence-electron chi connectivity index (χ1n) is 5.70. The minimum absolute atomic E-state index is 0. The van der Waals surface area contributed by atoms with Crippen LogP contribution in [0.2, 0.25) is 0 Å². The van der Waals surface area contributed by atoms with Crippen molar-refractivity contribution < 1.29 is 42.8 Å². The smallest absolute Gasteiger partial charge is 1.00 e. The van der Waals surface area contributed by atoms with Crippen molar-refractivity contribution in [3.8, 4) is 0 Å². The van der Waals surface area contributed by atoms with E-state index in [0.29, 0.717) is 0 Å². The Bertz CT molecular complexity index is 877. The summed E-state index contributed by atoms with van der Waals surface area (Å²) in [7, 11) is -4.58. The molecule has 1 aliphatic rings. The van der Waals surface area contributed by atoms with Gasteiger partial charge in [0, 0.05) is 16.7 Å². The van der Waals surface area contributed by atoms with Crippen molar-refractivity contribution in [1.29, 1.82) is 0 Å². The summed E-state index contributed by atoms with van der Waals surface area (Å²) in [5.74, 6) is -1.01. The van der Waals surface area contributed by atoms with E-state index in [1.165, 1.54) is 24.3 Å². The molecule has 21 heavy (non-hydrogen) atoms. The van der Waals surface area contributed by atoms with Gasteiger partial charge in [0.2, 0.25) is 0 Å². The van der Waals surface area contributed by atoms with Crippen LogP contribution in [0.1, 0.15) is 33.3 Å². The Kier molecular flexibility index (Phi) is 3.91. The van der Waals surface area contributed by atoms with Gasteiger partial charge >= 0.3 is 18.9 Å². The largest absolute Gasteiger partial charge is 1.00 e. The number of hydrogen-bond acceptors (Lipinski definition) is 4. The average molecular weight is 296 g/mol. The summed E-state index contributed by atoms with van der Waals surface area (Å²) in [6.07, 6.45) is 0. The first-order chi connectivity index (χ1) is 9.41. The molecule has 2 aromatic carbocycles. The summed E-state index contributed by atoms with van der Waals surface area (Å²) in [4.78, 5) is 24.2. The van der Waals surface area contributed by atoms with Crippen LogP contribution in [0.3, 0.4) is 0 Å². The van der Waals surface area contributed by atoms with E-state index < -0.39 is 26.6 Å². The fourth-order valence-corrected chi connectivity index (χ4v) is 3.04. The second-order valence-corrected chi connectivity index (χ2v) is 5.75. The third kappa shape index (κ3) is 2.37. The third-order valence-corrected chi connectivity index (χ3v) is 4.09. The van der Waals surface area contributed by atoms with Gasteiger partial charge in [-0.1, -0.05) is 36.4 Å². The second kappa shape index (κ2) is 5.24. The number of carbonyl (C=O) groups excluding carboxylic acids is 2. The van der Waals surface area contributed by atoms with Crippen LogP contribution in [-0.2, 0) is 10.1 Å². The first-order valence-corrected chi connectivity index (χ1v) is 7.14. The van der Waals surface area contributed by atoms with Gasteiger partial charge in [-0.05, 0) is 6.07 Å². The molecule has 0 saturated carbocycles. The fraction of sp³-hybridized carbons (Fsp3) is 0. The molecule has 5 nitrogen and oxygen atoms in total. The van der Waals surface area contributed by atoms with Gasteiger partial charge in [-0.3, -0.25) is 14.1 Å². The van der Waals surface area contributed by atoms with Crippen LogP contribution in [0.4, 0.5) is 0 Å². The molecule has 2 aromatic rings. The molecule has 1 aliphatic carbocycles. The normalized spacial score (nSPS) is 13.2. The maximum absolute atomic E-state index is 12.4. The molecule has 0 heterocycles. The monoisotopic (exact) mass is 296 g/mol. The van der Waals surface area contributed by atoms with Gasteiger partial charge in [0.1, 0.15) is 4.90 Å². The molecule has 0 amide bonds. The Labute approximate surface area is 134 Å². The zero-order valence-electron chi connectivity index (χ0n) is 12.0. The Hall–Kier alpha value is -1.71. The first kappa shape index (κ1) is 15.7. The molecule has 0 bridgehead atoms. The molecule has 102 valence electrons. The van der Waals surface area contributed by atoms with Crippen LogP contribution >= 0.6 is 0 Å². The molecule has 0 spiro atoms. The van der Waals surface area contributed by atoms with Gasteiger partial charge in [0.25, 0.3) is 10.1 Å². The fourth-order valence-electron chi connectivity index (χ4n) is 2.33. The van der Waals surface area contributed by atoms with Gasteiger partial charge in [-0.15, -0.1) is 0 Å². The molecule has 0 aromatic heterocycles. The average Bonchev–Trinajstić information content (AvgIpc) is 2.43. The van der Waals surface area contributed by atoms with Gasteiger partial charge in [-0.25, -0.2) is 0 Å². The Morgan fingerprint density at radius 1 is 0.810 bits per heavy atom. The number of rotatable bonds is 1. The van der Waals surface area contributed by atoms with Crippen LogP contribution in [-0.4, -0.2) is 24.5 Å². The number of hydrogen-bond donors (Lipinski definition) is 1. The zero-order chi connectivity index (χ0) is 14.5. The van der Waals surface area contributed by atoms with Gasteiger partial charge < -0.3 is 1.43 Å². The van der Waals surface area contributed by atoms with E-state index >= 15 is 0 Å². The minimum Gasteiger partial charge on any atom is -1.00 e. The van der Waals surface area contributed by atoms with Crippen LogP contribution in [0.15, 0.2) is 47.4 Å². The molecule has 0 atom stereocenters. The van der Waals surface area contributed by atoms with Gasteiger partial charge in [0.05, 0.1) is 5.56 Å². The van der Waals surface area contributed by atoms with E-state index in [-0.39, 0.29) is 42.5 Å². The molecular weight excluding hydrogens is 287 g/mol. The zero-order valence-corrected chi connectivity index (χ0v) is 11.8. The molecule has 0 saturated heterocycles. The van der Waals surface area contributed by atoms with Crippen molar-refractivity contribution in [2.75, 3.05) is 0 Å². The van der Waals surface area contributed by atoms with E-state index in [4.69, 9.17) is 0 Å². The van der Waals surface area contributed by atoms with E-state index in [1.807, 2.05) is 0 Å². The number of ketones is 2. The molecule has 0 radical (unpaired) electrons. The summed E-state index contributed by atoms with van der Waals surface area (Å²) in [6.45, 7) is 0. The SMILES string of the molecule is O=C1c2ccccc2C(=O)c2c1cccc2S(=O)(=O)O.[H-].[Li+]. The maximum Gasteiger partial charge on any atom is 1.00 e. The Morgan fingerprint density at radius 2 is 1.33 bits per heavy atom. The van der Waals surface area contributed by atoms with E-state index in [1.54, 1.807) is 12.1 Å². The van der Waals surface area contributed by atoms with Crippen molar-refractivity contribution in [2.24, 2.45) is 0 Å². The van der Waals surface area contributed by atoms with Gasteiger partial charge in [0.15, 0.2) is 11.6 Å². The van der Waals surface area contributed by atoms with E-state index in [2.05, 4.69) is 0 Å². The summed E-state index contributed by atoms with van der Waals surface area (Å²) < 4.78 is 31.9. The molecule has 0 aliphatic heterocycles. The van der Waals surface area contributed by atoms with Crippen LogP contribution in [0.5, 0.6) is 0 Å². The van der Waals surface area contributed by atoms with E-state index in [9.17, 15) is 22.6 Å². The standard InChI is InChI=1S/C14H8O5S.Li.H/c15-13-8-4-1-2-5-9(8)14(16)12-10(13)6-3-7-11(12)20(17,18)19;;/h1-7H,(H,17,18,19);;/q;+1;-1.